The van der Waals surface area contributed by atoms with E-state index in [1.54, 1.807) is 12.1 Å². The molecule has 0 N–H and O–H groups in total. The molecular formula is C9H13NO3S. The van der Waals surface area contributed by atoms with Gasteiger partial charge in [0.25, 0.3) is 10.0 Å². The molecule has 5 heteroatoms. The average molecular weight is 215 g/mol. The summed E-state index contributed by atoms with van der Waals surface area (Å²) in [4.78, 5) is 4.79. The Balaban J connectivity index is 3.08. The van der Waals surface area contributed by atoms with E-state index in [1.165, 1.54) is 7.11 Å². The van der Waals surface area contributed by atoms with Gasteiger partial charge >= 0.3 is 0 Å². The summed E-state index contributed by atoms with van der Waals surface area (Å²) in [5.41, 5.74) is 1.57. The molecule has 0 fully saturated rings. The van der Waals surface area contributed by atoms with Gasteiger partial charge in [-0.15, -0.1) is 4.47 Å². The molecular weight excluding hydrogens is 202 g/mol. The molecule has 78 valence electrons. The zero-order chi connectivity index (χ0) is 10.8. The van der Waals surface area contributed by atoms with Crippen LogP contribution in [0.1, 0.15) is 5.56 Å². The standard InChI is InChI=1S/C9H13NO3S/c1-8-4-6-9(7-5-8)10(13-2)14(3,11)12/h4-7H,1-3H3. The van der Waals surface area contributed by atoms with Crippen LogP contribution in [0, 0.1) is 6.92 Å². The third-order valence-electron chi connectivity index (χ3n) is 1.71. The Morgan fingerprint density at radius 2 is 1.71 bits per heavy atom. The van der Waals surface area contributed by atoms with Crippen LogP contribution in [0.15, 0.2) is 24.3 Å². The molecule has 0 saturated carbocycles. The monoisotopic (exact) mass is 215 g/mol. The van der Waals surface area contributed by atoms with Gasteiger partial charge in [0.15, 0.2) is 0 Å². The van der Waals surface area contributed by atoms with Crippen molar-refractivity contribution < 1.29 is 13.3 Å². The van der Waals surface area contributed by atoms with Crippen molar-refractivity contribution in [2.75, 3.05) is 17.8 Å². The molecule has 0 spiro atoms. The highest BCUT2D eigenvalue weighted by molar-refractivity contribution is 7.91. The topological polar surface area (TPSA) is 46.6 Å². The second-order valence-corrected chi connectivity index (χ2v) is 4.81. The molecule has 4 nitrogen and oxygen atoms in total. The maximum absolute atomic E-state index is 11.2. The lowest BCUT2D eigenvalue weighted by Crippen LogP contribution is -2.28. The molecule has 0 bridgehead atoms. The van der Waals surface area contributed by atoms with E-state index in [0.717, 1.165) is 16.3 Å². The average Bonchev–Trinajstić information content (AvgIpc) is 2.07. The first kappa shape index (κ1) is 11.0. The Labute approximate surface area is 84.1 Å². The fourth-order valence-electron chi connectivity index (χ4n) is 1.10. The Hall–Kier alpha value is -1.07. The first-order valence-electron chi connectivity index (χ1n) is 4.06. The summed E-state index contributed by atoms with van der Waals surface area (Å²) in [6, 6.07) is 7.04. The molecule has 0 aliphatic carbocycles. The van der Waals surface area contributed by atoms with Gasteiger partial charge in [0, 0.05) is 0 Å². The predicted molar refractivity (Wildman–Crippen MR) is 55.5 cm³/mol. The van der Waals surface area contributed by atoms with Crippen LogP contribution in [0.3, 0.4) is 0 Å². The summed E-state index contributed by atoms with van der Waals surface area (Å²) in [5, 5.41) is 0. The number of anilines is 1. The van der Waals surface area contributed by atoms with Crippen molar-refractivity contribution >= 4 is 15.7 Å². The molecule has 0 amide bonds. The van der Waals surface area contributed by atoms with Gasteiger partial charge in [-0.3, -0.25) is 4.84 Å². The minimum atomic E-state index is -3.37. The fraction of sp³-hybridized carbons (Fsp3) is 0.333. The fourth-order valence-corrected chi connectivity index (χ4v) is 1.87. The number of aryl methyl sites for hydroxylation is 1. The van der Waals surface area contributed by atoms with E-state index in [2.05, 4.69) is 0 Å². The maximum atomic E-state index is 11.2. The summed E-state index contributed by atoms with van der Waals surface area (Å²) < 4.78 is 23.4. The lowest BCUT2D eigenvalue weighted by atomic mass is 10.2. The predicted octanol–water partition coefficient (Wildman–Crippen LogP) is 1.32. The second-order valence-electron chi connectivity index (χ2n) is 3.01. The van der Waals surface area contributed by atoms with Crippen LogP contribution in [0.25, 0.3) is 0 Å². The lowest BCUT2D eigenvalue weighted by molar-refractivity contribution is 0.217. The van der Waals surface area contributed by atoms with Crippen molar-refractivity contribution in [2.24, 2.45) is 0 Å². The van der Waals surface area contributed by atoms with E-state index in [0.29, 0.717) is 5.69 Å². The quantitative estimate of drug-likeness (QED) is 0.714. The van der Waals surface area contributed by atoms with Gasteiger partial charge in [-0.05, 0) is 19.1 Å². The number of rotatable bonds is 3. The van der Waals surface area contributed by atoms with Crippen molar-refractivity contribution in [1.29, 1.82) is 0 Å². The minimum absolute atomic E-state index is 0.501. The summed E-state index contributed by atoms with van der Waals surface area (Å²) in [5.74, 6) is 0. The van der Waals surface area contributed by atoms with Crippen molar-refractivity contribution in [3.8, 4) is 0 Å². The molecule has 0 aliphatic rings. The molecule has 0 aliphatic heterocycles. The van der Waals surface area contributed by atoms with Crippen molar-refractivity contribution in [1.82, 2.24) is 0 Å². The second kappa shape index (κ2) is 3.98. The Morgan fingerprint density at radius 1 is 1.21 bits per heavy atom. The number of sulfonamides is 1. The van der Waals surface area contributed by atoms with E-state index < -0.39 is 10.0 Å². The summed E-state index contributed by atoms with van der Waals surface area (Å²) >= 11 is 0. The molecule has 0 unspecified atom stereocenters. The van der Waals surface area contributed by atoms with Crippen LogP contribution >= 0.6 is 0 Å². The largest absolute Gasteiger partial charge is 0.262 e. The lowest BCUT2D eigenvalue weighted by Gasteiger charge is -2.18. The van der Waals surface area contributed by atoms with Gasteiger partial charge in [0.1, 0.15) is 0 Å². The summed E-state index contributed by atoms with van der Waals surface area (Å²) in [6.45, 7) is 1.93. The number of hydrogen-bond acceptors (Lipinski definition) is 3. The Morgan fingerprint density at radius 3 is 2.07 bits per heavy atom. The highest BCUT2D eigenvalue weighted by atomic mass is 32.2. The van der Waals surface area contributed by atoms with Crippen molar-refractivity contribution in [3.05, 3.63) is 29.8 Å². The highest BCUT2D eigenvalue weighted by Crippen LogP contribution is 2.17. The van der Waals surface area contributed by atoms with Gasteiger partial charge in [-0.25, -0.2) is 8.42 Å². The van der Waals surface area contributed by atoms with E-state index in [9.17, 15) is 8.42 Å². The molecule has 0 heterocycles. The smallest absolute Gasteiger partial charge is 0.254 e. The highest BCUT2D eigenvalue weighted by Gasteiger charge is 2.16. The van der Waals surface area contributed by atoms with Gasteiger partial charge in [-0.2, -0.15) is 0 Å². The molecule has 0 radical (unpaired) electrons. The molecule has 1 aromatic rings. The molecule has 0 saturated heterocycles. The normalized spacial score (nSPS) is 11.4. The summed E-state index contributed by atoms with van der Waals surface area (Å²) in [7, 11) is -2.05. The van der Waals surface area contributed by atoms with Gasteiger partial charge in [0.05, 0.1) is 19.1 Å². The third-order valence-corrected chi connectivity index (χ3v) is 2.67. The molecule has 14 heavy (non-hydrogen) atoms. The molecule has 0 atom stereocenters. The van der Waals surface area contributed by atoms with Gasteiger partial charge in [0.2, 0.25) is 0 Å². The molecule has 1 aromatic carbocycles. The van der Waals surface area contributed by atoms with Crippen LogP contribution < -0.4 is 4.47 Å². The molecule has 1 rings (SSSR count). The van der Waals surface area contributed by atoms with Crippen LogP contribution in [-0.4, -0.2) is 21.8 Å². The Kier molecular flexibility index (Phi) is 3.13. The van der Waals surface area contributed by atoms with Gasteiger partial charge in [-0.1, -0.05) is 17.7 Å². The van der Waals surface area contributed by atoms with Crippen LogP contribution in [0.5, 0.6) is 0 Å². The van der Waals surface area contributed by atoms with Crippen molar-refractivity contribution in [3.63, 3.8) is 0 Å². The van der Waals surface area contributed by atoms with E-state index in [-0.39, 0.29) is 0 Å². The van der Waals surface area contributed by atoms with Crippen molar-refractivity contribution in [2.45, 2.75) is 6.92 Å². The minimum Gasteiger partial charge on any atom is -0.262 e. The summed E-state index contributed by atoms with van der Waals surface area (Å²) in [6.07, 6.45) is 1.09. The van der Waals surface area contributed by atoms with Crippen LogP contribution in [0.2, 0.25) is 0 Å². The van der Waals surface area contributed by atoms with E-state index >= 15 is 0 Å². The zero-order valence-corrected chi connectivity index (χ0v) is 9.21. The third kappa shape index (κ3) is 2.46. The first-order valence-corrected chi connectivity index (χ1v) is 5.91. The van der Waals surface area contributed by atoms with E-state index in [1.807, 2.05) is 19.1 Å². The first-order chi connectivity index (χ1) is 6.45. The number of nitrogens with zero attached hydrogens (tertiary/aromatic N) is 1. The Bertz CT molecular complexity index is 397. The maximum Gasteiger partial charge on any atom is 0.254 e. The van der Waals surface area contributed by atoms with Crippen LogP contribution in [-0.2, 0) is 14.9 Å². The van der Waals surface area contributed by atoms with E-state index in [4.69, 9.17) is 4.84 Å². The van der Waals surface area contributed by atoms with Gasteiger partial charge < -0.3 is 0 Å². The number of hydrogen-bond donors (Lipinski definition) is 0. The molecule has 0 aromatic heterocycles. The van der Waals surface area contributed by atoms with Crippen LogP contribution in [0.4, 0.5) is 5.69 Å². The zero-order valence-electron chi connectivity index (χ0n) is 8.39. The number of benzene rings is 1. The SMILES string of the molecule is CON(c1ccc(C)cc1)S(C)(=O)=O.